The summed E-state index contributed by atoms with van der Waals surface area (Å²) in [6.45, 7) is 16.8. The molecule has 9 atom stereocenters. The van der Waals surface area contributed by atoms with E-state index >= 15 is 0 Å². The lowest BCUT2D eigenvalue weighted by molar-refractivity contribution is -0.153. The molecular formula is C36H63N5O2. The second-order valence-electron chi connectivity index (χ2n) is 15.6. The number of nitrogens with zero attached hydrogens (tertiary/aromatic N) is 1. The van der Waals surface area contributed by atoms with Crippen molar-refractivity contribution in [2.45, 2.75) is 137 Å². The first-order valence-electron chi connectivity index (χ1n) is 17.5. The predicted octanol–water partition coefficient (Wildman–Crippen LogP) is 6.77. The van der Waals surface area contributed by atoms with Gasteiger partial charge >= 0.3 is 5.97 Å². The summed E-state index contributed by atoms with van der Waals surface area (Å²) in [7, 11) is 0. The molecule has 244 valence electrons. The Hall–Kier alpha value is -2.18. The molecule has 0 bridgehead atoms. The molecule has 7 nitrogen and oxygen atoms in total. The molecule has 0 spiro atoms. The van der Waals surface area contributed by atoms with Gasteiger partial charge in [-0.25, -0.2) is 9.79 Å². The molecule has 4 aliphatic rings. The third kappa shape index (κ3) is 7.73. The molecule has 3 fully saturated rings. The Balaban J connectivity index is 1.36. The average Bonchev–Trinajstić information content (AvgIpc) is 3.29. The summed E-state index contributed by atoms with van der Waals surface area (Å²) in [5, 5.41) is 3.01. The molecule has 0 saturated heterocycles. The standard InChI is InChI=1S/C36H63N5O2/c1-23(2)10-9-11-24(3)29-15-16-30-28-14-13-26-22-27(17-19-35(26,5)31(28)18-20-36(29,30)6)43-33(42)32(41-34(38)39)12-7-8-21-40-25(4)37/h13,23-24,27-32,40H,4,7-12,14-22,37H2,1-3,5-6H3,(H4,38,39,41). The van der Waals surface area contributed by atoms with Gasteiger partial charge in [0.15, 0.2) is 12.0 Å². The Bertz CT molecular complexity index is 1030. The van der Waals surface area contributed by atoms with Crippen LogP contribution in [-0.2, 0) is 9.53 Å². The maximum absolute atomic E-state index is 13.2. The number of fused-ring (bicyclic) bond motifs is 5. The van der Waals surface area contributed by atoms with Crippen molar-refractivity contribution in [3.8, 4) is 0 Å². The second kappa shape index (κ2) is 14.3. The number of guanidine groups is 1. The van der Waals surface area contributed by atoms with Gasteiger partial charge in [-0.2, -0.15) is 0 Å². The van der Waals surface area contributed by atoms with Gasteiger partial charge in [-0.1, -0.05) is 72.1 Å². The van der Waals surface area contributed by atoms with Gasteiger partial charge in [0.2, 0.25) is 0 Å². The van der Waals surface area contributed by atoms with Crippen LogP contribution in [0.15, 0.2) is 29.0 Å². The third-order valence-electron chi connectivity index (χ3n) is 12.4. The van der Waals surface area contributed by atoms with E-state index in [2.05, 4.69) is 57.6 Å². The number of hydrogen-bond donors (Lipinski definition) is 4. The number of allylic oxidation sites excluding steroid dienone is 1. The number of rotatable bonds is 14. The van der Waals surface area contributed by atoms with Crippen molar-refractivity contribution >= 4 is 11.9 Å². The molecule has 43 heavy (non-hydrogen) atoms. The number of esters is 1. The number of carbonyl (C=O) groups is 1. The lowest BCUT2D eigenvalue weighted by Crippen LogP contribution is -2.51. The smallest absolute Gasteiger partial charge is 0.331 e. The van der Waals surface area contributed by atoms with Gasteiger partial charge in [0.25, 0.3) is 0 Å². The maximum Gasteiger partial charge on any atom is 0.331 e. The first-order chi connectivity index (χ1) is 20.3. The fraction of sp³-hybridized carbons (Fsp3) is 0.833. The Morgan fingerprint density at radius 2 is 1.79 bits per heavy atom. The lowest BCUT2D eigenvalue weighted by atomic mass is 9.47. The highest BCUT2D eigenvalue weighted by atomic mass is 16.5. The summed E-state index contributed by atoms with van der Waals surface area (Å²) in [6, 6.07) is -0.664. The fourth-order valence-electron chi connectivity index (χ4n) is 10.1. The SMILES string of the molecule is C=C(N)NCCCCC(N=C(N)N)C(=O)OC1CCC2(C)C(=CCC3C2CCC2(C)C(C(C)CCCC(C)C)CCC32)C1. The fourth-order valence-corrected chi connectivity index (χ4v) is 10.1. The van der Waals surface area contributed by atoms with Crippen molar-refractivity contribution in [2.75, 3.05) is 6.54 Å². The number of carbonyl (C=O) groups excluding carboxylic acids is 1. The topological polar surface area (TPSA) is 129 Å². The Labute approximate surface area is 262 Å². The highest BCUT2D eigenvalue weighted by Crippen LogP contribution is 2.67. The molecule has 4 aliphatic carbocycles. The molecule has 0 heterocycles. The summed E-state index contributed by atoms with van der Waals surface area (Å²) < 4.78 is 6.10. The molecule has 7 heteroatoms. The van der Waals surface area contributed by atoms with Crippen LogP contribution in [0.5, 0.6) is 0 Å². The van der Waals surface area contributed by atoms with Gasteiger partial charge in [0.05, 0.1) is 5.82 Å². The normalized spacial score (nSPS) is 34.7. The lowest BCUT2D eigenvalue weighted by Gasteiger charge is -2.58. The van der Waals surface area contributed by atoms with E-state index in [0.717, 1.165) is 67.6 Å². The van der Waals surface area contributed by atoms with Crippen LogP contribution in [0.4, 0.5) is 0 Å². The summed E-state index contributed by atoms with van der Waals surface area (Å²) in [4.78, 5) is 17.4. The monoisotopic (exact) mass is 597 g/mol. The Morgan fingerprint density at radius 3 is 2.49 bits per heavy atom. The molecule has 0 aliphatic heterocycles. The van der Waals surface area contributed by atoms with Crippen LogP contribution in [0.25, 0.3) is 0 Å². The molecule has 0 radical (unpaired) electrons. The first-order valence-corrected chi connectivity index (χ1v) is 17.5. The molecule has 3 saturated carbocycles. The first kappa shape index (κ1) is 33.7. The molecule has 4 rings (SSSR count). The van der Waals surface area contributed by atoms with E-state index in [1.54, 1.807) is 0 Å². The van der Waals surface area contributed by atoms with Crippen LogP contribution in [0, 0.1) is 46.3 Å². The van der Waals surface area contributed by atoms with E-state index in [-0.39, 0.29) is 23.4 Å². The molecular weight excluding hydrogens is 534 g/mol. The van der Waals surface area contributed by atoms with E-state index in [0.29, 0.717) is 24.2 Å². The van der Waals surface area contributed by atoms with Gasteiger partial charge in [-0.15, -0.1) is 0 Å². The minimum Gasteiger partial charge on any atom is -0.460 e. The quantitative estimate of drug-likeness (QED) is 0.0575. The average molecular weight is 598 g/mol. The van der Waals surface area contributed by atoms with E-state index in [1.807, 2.05) is 0 Å². The van der Waals surface area contributed by atoms with Crippen LogP contribution < -0.4 is 22.5 Å². The molecule has 9 unspecified atom stereocenters. The number of nitrogens with one attached hydrogen (secondary N) is 1. The van der Waals surface area contributed by atoms with Crippen LogP contribution in [0.2, 0.25) is 0 Å². The van der Waals surface area contributed by atoms with Gasteiger partial charge in [0.1, 0.15) is 6.10 Å². The minimum atomic E-state index is -0.664. The van der Waals surface area contributed by atoms with Crippen molar-refractivity contribution in [1.82, 2.24) is 5.32 Å². The van der Waals surface area contributed by atoms with Gasteiger partial charge in [-0.05, 0) is 111 Å². The highest BCUT2D eigenvalue weighted by molar-refractivity contribution is 5.82. The van der Waals surface area contributed by atoms with Crippen LogP contribution in [-0.4, -0.2) is 30.6 Å². The Morgan fingerprint density at radius 1 is 1.02 bits per heavy atom. The Kier molecular flexibility index (Phi) is 11.2. The van der Waals surface area contributed by atoms with E-state index in [4.69, 9.17) is 21.9 Å². The largest absolute Gasteiger partial charge is 0.460 e. The van der Waals surface area contributed by atoms with Crippen LogP contribution in [0.3, 0.4) is 0 Å². The number of ether oxygens (including phenoxy) is 1. The molecule has 0 aromatic rings. The second-order valence-corrected chi connectivity index (χ2v) is 15.6. The molecule has 0 aromatic carbocycles. The highest BCUT2D eigenvalue weighted by Gasteiger charge is 2.59. The summed E-state index contributed by atoms with van der Waals surface area (Å²) in [5.74, 6) is 5.02. The summed E-state index contributed by atoms with van der Waals surface area (Å²) >= 11 is 0. The molecule has 0 amide bonds. The summed E-state index contributed by atoms with van der Waals surface area (Å²) in [6.07, 6.45) is 18.4. The van der Waals surface area contributed by atoms with Gasteiger partial charge < -0.3 is 27.3 Å². The van der Waals surface area contributed by atoms with E-state index in [9.17, 15) is 4.79 Å². The van der Waals surface area contributed by atoms with E-state index < -0.39 is 6.04 Å². The zero-order chi connectivity index (χ0) is 31.4. The van der Waals surface area contributed by atoms with Gasteiger partial charge in [-0.3, -0.25) is 0 Å². The predicted molar refractivity (Wildman–Crippen MR) is 178 cm³/mol. The zero-order valence-corrected chi connectivity index (χ0v) is 28.0. The number of hydrogen-bond acceptors (Lipinski definition) is 5. The number of aliphatic imine (C=N–C) groups is 1. The van der Waals surface area contributed by atoms with Crippen molar-refractivity contribution < 1.29 is 9.53 Å². The van der Waals surface area contributed by atoms with Gasteiger partial charge in [0, 0.05) is 13.0 Å². The van der Waals surface area contributed by atoms with Crippen LogP contribution >= 0.6 is 0 Å². The molecule has 0 aromatic heterocycles. The third-order valence-corrected chi connectivity index (χ3v) is 12.4. The van der Waals surface area contributed by atoms with E-state index in [1.165, 1.54) is 56.9 Å². The zero-order valence-electron chi connectivity index (χ0n) is 28.0. The summed E-state index contributed by atoms with van der Waals surface area (Å²) in [5.41, 5.74) is 19.2. The van der Waals surface area contributed by atoms with Crippen LogP contribution in [0.1, 0.15) is 125 Å². The molecule has 7 N–H and O–H groups in total. The van der Waals surface area contributed by atoms with Crippen molar-refractivity contribution in [2.24, 2.45) is 68.5 Å². The maximum atomic E-state index is 13.2. The number of nitrogens with two attached hydrogens (primary N) is 3. The van der Waals surface area contributed by atoms with Crippen molar-refractivity contribution in [3.63, 3.8) is 0 Å². The minimum absolute atomic E-state index is 0.0731. The van der Waals surface area contributed by atoms with Crippen molar-refractivity contribution in [1.29, 1.82) is 0 Å². The van der Waals surface area contributed by atoms with Crippen molar-refractivity contribution in [3.05, 3.63) is 24.0 Å². The number of unbranched alkanes of at least 4 members (excludes halogenated alkanes) is 1.